The average Bonchev–Trinajstić information content (AvgIpc) is 3.99. The van der Waals surface area contributed by atoms with Crippen LogP contribution in [0.15, 0.2) is 95.6 Å². The Bertz CT molecular complexity index is 2410. The van der Waals surface area contributed by atoms with Crippen molar-refractivity contribution >= 4 is 36.1 Å². The number of H-pyrrole nitrogens is 2. The van der Waals surface area contributed by atoms with Crippen LogP contribution in [0, 0.1) is 25.9 Å². The first-order valence-electron chi connectivity index (χ1n) is 22.5. The summed E-state index contributed by atoms with van der Waals surface area (Å²) in [4.78, 5) is 66.8. The number of hydrogen-bond donors (Lipinski definition) is 4. The quantitative estimate of drug-likeness (QED) is 0.0205. The molecule has 0 unspecified atom stereocenters. The summed E-state index contributed by atoms with van der Waals surface area (Å²) in [6, 6.07) is 22.8. The van der Waals surface area contributed by atoms with E-state index >= 15 is 0 Å². The van der Waals surface area contributed by atoms with Crippen LogP contribution in [-0.2, 0) is 46.6 Å². The number of piperidine rings is 2. The van der Waals surface area contributed by atoms with Crippen molar-refractivity contribution in [1.29, 1.82) is 1.43 Å². The van der Waals surface area contributed by atoms with Gasteiger partial charge in [-0.2, -0.15) is 17.4 Å². The van der Waals surface area contributed by atoms with E-state index in [0.717, 1.165) is 48.2 Å². The predicted octanol–water partition coefficient (Wildman–Crippen LogP) is 2.42. The molecule has 0 spiro atoms. The van der Waals surface area contributed by atoms with Crippen LogP contribution in [0.1, 0.15) is 100 Å². The first-order chi connectivity index (χ1) is 33.3. The molecule has 2 aliphatic heterocycles. The minimum absolute atomic E-state index is 0. The SMILES string of the molecule is CCO/C=C(\C)C(=O)OCC.C[C@H]1CC[C@@H](c2cc(N)n[nH]2)N(C(=O)OCc2ccccc2)C1.Cc1cn2nc([C@@H]3CC[C@H](C)CN3C(=O)OCc3ccccc3)cc2[nH]c1=O.[2H]OOC=O.[CH2-]F.[Cs+].[Cs+]. The number of aromatic nitrogens is 5. The fourth-order valence-corrected chi connectivity index (χ4v) is 7.19. The van der Waals surface area contributed by atoms with E-state index < -0.39 is 0 Å². The van der Waals surface area contributed by atoms with E-state index in [-0.39, 0.29) is 193 Å². The van der Waals surface area contributed by atoms with E-state index in [1.54, 1.807) is 54.5 Å². The Morgan fingerprint density at radius 2 is 1.41 bits per heavy atom. The summed E-state index contributed by atoms with van der Waals surface area (Å²) in [7, 11) is 1.75. The number of rotatable bonds is 12. The second-order valence-corrected chi connectivity index (χ2v) is 15.9. The molecule has 19 nitrogen and oxygen atoms in total. The molecule has 2 amide bonds. The summed E-state index contributed by atoms with van der Waals surface area (Å²) in [6.07, 6.45) is 6.26. The molecule has 2 aromatic carbocycles. The number of nitrogens with zero attached hydrogens (tertiary/aromatic N) is 5. The number of amides is 2. The fourth-order valence-electron chi connectivity index (χ4n) is 7.19. The van der Waals surface area contributed by atoms with Crippen LogP contribution >= 0.6 is 0 Å². The molecular weight excluding hydrogens is 1150 g/mol. The molecule has 2 fully saturated rings. The van der Waals surface area contributed by atoms with Gasteiger partial charge in [0.05, 0.1) is 48.5 Å². The Labute approximate surface area is 527 Å². The van der Waals surface area contributed by atoms with E-state index in [0.29, 0.717) is 60.7 Å². The third-order valence-electron chi connectivity index (χ3n) is 10.6. The summed E-state index contributed by atoms with van der Waals surface area (Å²) >= 11 is 0. The van der Waals surface area contributed by atoms with Crippen LogP contribution in [0.4, 0.5) is 19.8 Å². The molecular formula is C48H64Cs2FN8O11+. The number of fused-ring (bicyclic) bond motifs is 1. The van der Waals surface area contributed by atoms with Crippen LogP contribution in [0.25, 0.3) is 7.08 Å². The van der Waals surface area contributed by atoms with Crippen molar-refractivity contribution in [1.82, 2.24) is 34.6 Å². The monoisotopic (exact) mass is 1210 g/mol. The maximum absolute atomic E-state index is 12.8. The van der Waals surface area contributed by atoms with Crippen LogP contribution in [-0.4, -0.2) is 90.8 Å². The van der Waals surface area contributed by atoms with E-state index in [9.17, 15) is 23.6 Å². The average molecular weight is 1210 g/mol. The van der Waals surface area contributed by atoms with Crippen molar-refractivity contribution in [3.8, 4) is 0 Å². The third kappa shape index (κ3) is 21.9. The zero-order valence-corrected chi connectivity index (χ0v) is 54.0. The summed E-state index contributed by atoms with van der Waals surface area (Å²) in [5.74, 6) is 0.979. The summed E-state index contributed by atoms with van der Waals surface area (Å²) < 4.78 is 37.2. The number of carbonyl (C=O) groups excluding carboxylic acids is 4. The molecule has 22 heteroatoms. The van der Waals surface area contributed by atoms with Crippen LogP contribution < -0.4 is 149 Å². The van der Waals surface area contributed by atoms with Crippen molar-refractivity contribution in [2.24, 2.45) is 11.8 Å². The van der Waals surface area contributed by atoms with Gasteiger partial charge in [0.15, 0.2) is 0 Å². The number of aromatic amines is 2. The molecule has 7 rings (SSSR count). The van der Waals surface area contributed by atoms with Crippen molar-refractivity contribution in [3.63, 3.8) is 0 Å². The van der Waals surface area contributed by atoms with Gasteiger partial charge < -0.3 is 38.9 Å². The van der Waals surface area contributed by atoms with Crippen LogP contribution in [0.5, 0.6) is 0 Å². The topological polar surface area (TPSA) is 246 Å². The molecule has 5 aromatic rings. The van der Waals surface area contributed by atoms with E-state index in [1.165, 1.54) is 6.26 Å². The van der Waals surface area contributed by atoms with E-state index in [2.05, 4.69) is 44.3 Å². The van der Waals surface area contributed by atoms with Gasteiger partial charge in [-0.15, -0.1) is 0 Å². The molecule has 0 radical (unpaired) electrons. The number of ether oxygens (including phenoxy) is 4. The molecule has 370 valence electrons. The van der Waals surface area contributed by atoms with Crippen molar-refractivity contribution < 1.29 is 190 Å². The Morgan fingerprint density at radius 3 is 1.89 bits per heavy atom. The number of likely N-dealkylation sites (tertiary alicyclic amines) is 2. The van der Waals surface area contributed by atoms with Gasteiger partial charge in [0.2, 0.25) is 0 Å². The molecule has 4 atom stereocenters. The molecule has 5 heterocycles. The van der Waals surface area contributed by atoms with Gasteiger partial charge in [0.25, 0.3) is 6.99 Å². The second kappa shape index (κ2) is 35.9. The van der Waals surface area contributed by atoms with E-state index in [1.807, 2.05) is 73.7 Å². The van der Waals surface area contributed by atoms with Crippen molar-refractivity contribution in [2.45, 2.75) is 92.5 Å². The zero-order valence-electron chi connectivity index (χ0n) is 42.4. The molecule has 0 bridgehead atoms. The second-order valence-electron chi connectivity index (χ2n) is 15.9. The smallest absolute Gasteiger partial charge is 0.501 e. The number of nitrogens with two attached hydrogens (primary N) is 1. The van der Waals surface area contributed by atoms with Gasteiger partial charge >= 0.3 is 162 Å². The zero-order chi connectivity index (χ0) is 50.7. The van der Waals surface area contributed by atoms with E-state index in [4.69, 9.17) is 30.9 Å². The largest absolute Gasteiger partial charge is 1.00 e. The molecule has 5 N–H and O–H groups in total. The van der Waals surface area contributed by atoms with Crippen LogP contribution in [0.3, 0.4) is 0 Å². The normalized spacial score (nSPS) is 17.1. The Kier molecular flexibility index (Phi) is 32.3. The number of hydrogen-bond acceptors (Lipinski definition) is 14. The molecule has 0 saturated carbocycles. The number of carbonyl (C=O) groups is 4. The van der Waals surface area contributed by atoms with Gasteiger partial charge in [0, 0.05) is 37.0 Å². The van der Waals surface area contributed by atoms with Gasteiger partial charge in [-0.05, 0) is 76.3 Å². The fraction of sp³-hybridized carbons (Fsp3) is 0.417. The first-order valence-corrected chi connectivity index (χ1v) is 22.1. The number of nitrogens with one attached hydrogen (secondary N) is 2. The van der Waals surface area contributed by atoms with Crippen molar-refractivity contribution in [2.75, 3.05) is 32.0 Å². The summed E-state index contributed by atoms with van der Waals surface area (Å²) in [5.41, 5.74) is 10.9. The Balaban J connectivity index is 0.000000527. The maximum atomic E-state index is 12.8. The summed E-state index contributed by atoms with van der Waals surface area (Å²) in [6.45, 7) is 14.1. The maximum Gasteiger partial charge on any atom is 1.00 e. The third-order valence-corrected chi connectivity index (χ3v) is 10.6. The number of esters is 1. The number of halogens is 1. The minimum Gasteiger partial charge on any atom is -0.501 e. The number of benzene rings is 2. The van der Waals surface area contributed by atoms with Gasteiger partial charge in [-0.3, -0.25) is 24.5 Å². The molecule has 2 aliphatic rings. The summed E-state index contributed by atoms with van der Waals surface area (Å²) in [5, 5.41) is 14.6. The molecule has 3 aromatic heterocycles. The number of nitrogen functional groups attached to an aromatic ring is 1. The molecule has 0 aliphatic carbocycles. The molecule has 2 saturated heterocycles. The van der Waals surface area contributed by atoms with Gasteiger partial charge in [0.1, 0.15) is 24.7 Å². The number of aryl methyl sites for hydroxylation is 1. The minimum atomic E-state index is -0.331. The van der Waals surface area contributed by atoms with Gasteiger partial charge in [-0.25, -0.2) is 24.2 Å². The first kappa shape index (κ1) is 63.0. The number of anilines is 1. The predicted molar refractivity (Wildman–Crippen MR) is 251 cm³/mol. The Hall–Kier alpha value is -3.12. The van der Waals surface area contributed by atoms with Crippen molar-refractivity contribution in [3.05, 3.63) is 136 Å². The van der Waals surface area contributed by atoms with Gasteiger partial charge in [-0.1, -0.05) is 74.5 Å². The molecule has 70 heavy (non-hydrogen) atoms. The standard InChI is InChI=1S/C21H24N4O3.C17H22N4O2.C8H14O3.CH2F.CH2O3.2Cs/c1-14-8-9-18(17-10-19-22-20(26)15(2)12-25(19)23-17)24(11-14)21(27)28-13-16-6-4-3-5-7-16;1-12-7-8-15(14-9-16(18)20-19-14)21(10-12)17(22)23-11-13-5-3-2-4-6-13;1-4-10-6-7(3)8(9)11-5-2;1-2;2-1-4-3;;/h3-7,10,12,14,18H,8-9,11,13H2,1-2H3,(H,22,26);2-6,9,12,15H,7-8,10-11H2,1H3,(H3,18,19,20);6H,4-5H2,1-3H3;1H2;1,3H;;/q;;;-1;;2*+1/b;;7-6+;;;;/t14-,18-;12-,15-;;;;;/m00...../s1/i/hD. The Morgan fingerprint density at radius 1 is 0.871 bits per heavy atom. The van der Waals surface area contributed by atoms with Crippen LogP contribution in [0.2, 0.25) is 0 Å².